The highest BCUT2D eigenvalue weighted by Gasteiger charge is 1.84. The van der Waals surface area contributed by atoms with Gasteiger partial charge >= 0.3 is 0 Å². The smallest absolute Gasteiger partial charge is 0.0135 e. The number of hydrogen-bond acceptors (Lipinski definition) is 1. The van der Waals surface area contributed by atoms with Gasteiger partial charge in [-0.15, -0.1) is 6.58 Å². The molecule has 1 nitrogen and oxygen atoms in total. The van der Waals surface area contributed by atoms with E-state index in [2.05, 4.69) is 31.0 Å². The van der Waals surface area contributed by atoms with E-state index in [1.165, 1.54) is 32.1 Å². The molecule has 0 rings (SSSR count). The minimum absolute atomic E-state index is 1.00. The van der Waals surface area contributed by atoms with Gasteiger partial charge in [0.1, 0.15) is 0 Å². The van der Waals surface area contributed by atoms with Gasteiger partial charge in [0.2, 0.25) is 0 Å². The highest BCUT2D eigenvalue weighted by atomic mass is 14.8. The first-order valence-corrected chi connectivity index (χ1v) is 5.88. The van der Waals surface area contributed by atoms with Gasteiger partial charge in [0, 0.05) is 6.54 Å². The summed E-state index contributed by atoms with van der Waals surface area (Å²) in [5.41, 5.74) is 0. The molecule has 82 valence electrons. The van der Waals surface area contributed by atoms with Gasteiger partial charge in [0.05, 0.1) is 0 Å². The van der Waals surface area contributed by atoms with Crippen molar-refractivity contribution in [3.05, 3.63) is 24.8 Å². The fourth-order valence-electron chi connectivity index (χ4n) is 1.28. The molecule has 1 heteroatoms. The van der Waals surface area contributed by atoms with Crippen LogP contribution in [0.2, 0.25) is 0 Å². The Balaban J connectivity index is 2.99. The maximum atomic E-state index is 3.68. The lowest BCUT2D eigenvalue weighted by Gasteiger charge is -1.97. The van der Waals surface area contributed by atoms with E-state index in [0.717, 1.165) is 19.5 Å². The molecular formula is C13H25N. The molecule has 0 radical (unpaired) electrons. The van der Waals surface area contributed by atoms with E-state index in [9.17, 15) is 0 Å². The fourth-order valence-corrected chi connectivity index (χ4v) is 1.28. The molecule has 0 aliphatic carbocycles. The van der Waals surface area contributed by atoms with Crippen LogP contribution in [0, 0.1) is 0 Å². The summed E-state index contributed by atoms with van der Waals surface area (Å²) in [6.45, 7) is 7.97. The Kier molecular flexibility index (Phi) is 11.9. The third-order valence-corrected chi connectivity index (χ3v) is 2.18. The zero-order valence-electron chi connectivity index (χ0n) is 9.60. The van der Waals surface area contributed by atoms with E-state index >= 15 is 0 Å². The molecule has 0 unspecified atom stereocenters. The van der Waals surface area contributed by atoms with Crippen LogP contribution in [-0.2, 0) is 0 Å². The van der Waals surface area contributed by atoms with Crippen molar-refractivity contribution in [3.8, 4) is 0 Å². The van der Waals surface area contributed by atoms with Crippen molar-refractivity contribution in [2.45, 2.75) is 45.4 Å². The molecule has 0 saturated heterocycles. The summed E-state index contributed by atoms with van der Waals surface area (Å²) in [6.07, 6.45) is 14.2. The van der Waals surface area contributed by atoms with Crippen LogP contribution in [0.4, 0.5) is 0 Å². The molecule has 0 saturated carbocycles. The molecule has 0 aliphatic heterocycles. The van der Waals surface area contributed by atoms with Crippen LogP contribution in [0.25, 0.3) is 0 Å². The van der Waals surface area contributed by atoms with Gasteiger partial charge in [-0.25, -0.2) is 0 Å². The number of nitrogens with one attached hydrogen (secondary N) is 1. The second-order valence-electron chi connectivity index (χ2n) is 3.60. The van der Waals surface area contributed by atoms with E-state index in [-0.39, 0.29) is 0 Å². The van der Waals surface area contributed by atoms with Crippen molar-refractivity contribution in [2.24, 2.45) is 0 Å². The van der Waals surface area contributed by atoms with Crippen molar-refractivity contribution in [2.75, 3.05) is 13.1 Å². The van der Waals surface area contributed by atoms with Crippen LogP contribution in [0.1, 0.15) is 45.4 Å². The molecule has 1 N–H and O–H groups in total. The summed E-state index contributed by atoms with van der Waals surface area (Å²) in [4.78, 5) is 0. The normalized spacial score (nSPS) is 10.9. The first-order chi connectivity index (χ1) is 6.91. The minimum Gasteiger partial charge on any atom is -0.313 e. The Morgan fingerprint density at radius 2 is 1.93 bits per heavy atom. The number of rotatable bonds is 10. The van der Waals surface area contributed by atoms with Gasteiger partial charge < -0.3 is 5.32 Å². The molecule has 14 heavy (non-hydrogen) atoms. The van der Waals surface area contributed by atoms with Crippen molar-refractivity contribution < 1.29 is 0 Å². The number of unbranched alkanes of at least 4 members (excludes halogenated alkanes) is 4. The molecule has 0 aromatic carbocycles. The van der Waals surface area contributed by atoms with Crippen LogP contribution in [0.15, 0.2) is 24.8 Å². The Morgan fingerprint density at radius 1 is 1.07 bits per heavy atom. The van der Waals surface area contributed by atoms with Gasteiger partial charge in [-0.05, 0) is 25.8 Å². The highest BCUT2D eigenvalue weighted by Crippen LogP contribution is 2.02. The van der Waals surface area contributed by atoms with Crippen LogP contribution in [0.3, 0.4) is 0 Å². The Bertz CT molecular complexity index is 138. The van der Waals surface area contributed by atoms with Gasteiger partial charge in [0.15, 0.2) is 0 Å². The predicted molar refractivity (Wildman–Crippen MR) is 65.6 cm³/mol. The van der Waals surface area contributed by atoms with E-state index in [1.807, 2.05) is 6.08 Å². The maximum absolute atomic E-state index is 3.68. The second kappa shape index (κ2) is 12.4. The van der Waals surface area contributed by atoms with Gasteiger partial charge in [-0.3, -0.25) is 0 Å². The molecule has 0 aromatic rings. The Hall–Kier alpha value is -0.560. The van der Waals surface area contributed by atoms with Gasteiger partial charge in [-0.1, -0.05) is 44.4 Å². The summed E-state index contributed by atoms with van der Waals surface area (Å²) >= 11 is 0. The van der Waals surface area contributed by atoms with Gasteiger partial charge in [0.25, 0.3) is 0 Å². The van der Waals surface area contributed by atoms with Crippen LogP contribution >= 0.6 is 0 Å². The largest absolute Gasteiger partial charge is 0.313 e. The second-order valence-corrected chi connectivity index (χ2v) is 3.60. The Labute approximate surface area is 89.3 Å². The summed E-state index contributed by atoms with van der Waals surface area (Å²) < 4.78 is 0. The third kappa shape index (κ3) is 11.4. The summed E-state index contributed by atoms with van der Waals surface area (Å²) in [5, 5.41) is 3.33. The molecular weight excluding hydrogens is 170 g/mol. The first kappa shape index (κ1) is 13.4. The first-order valence-electron chi connectivity index (χ1n) is 5.88. The monoisotopic (exact) mass is 195 g/mol. The van der Waals surface area contributed by atoms with E-state index in [0.29, 0.717) is 0 Å². The SMILES string of the molecule is C=CCCNC/C=C\CCCCCC. The Morgan fingerprint density at radius 3 is 2.64 bits per heavy atom. The lowest BCUT2D eigenvalue weighted by molar-refractivity contribution is 0.673. The van der Waals surface area contributed by atoms with Crippen LogP contribution in [0.5, 0.6) is 0 Å². The molecule has 0 fully saturated rings. The molecule has 0 bridgehead atoms. The van der Waals surface area contributed by atoms with Crippen molar-refractivity contribution >= 4 is 0 Å². The topological polar surface area (TPSA) is 12.0 Å². The van der Waals surface area contributed by atoms with Gasteiger partial charge in [-0.2, -0.15) is 0 Å². The zero-order valence-corrected chi connectivity index (χ0v) is 9.60. The maximum Gasteiger partial charge on any atom is 0.0135 e. The molecule has 0 spiro atoms. The zero-order chi connectivity index (χ0) is 10.5. The fraction of sp³-hybridized carbons (Fsp3) is 0.692. The van der Waals surface area contributed by atoms with E-state index < -0.39 is 0 Å². The lowest BCUT2D eigenvalue weighted by Crippen LogP contribution is -2.13. The van der Waals surface area contributed by atoms with Crippen LogP contribution in [-0.4, -0.2) is 13.1 Å². The summed E-state index contributed by atoms with van der Waals surface area (Å²) in [5.74, 6) is 0. The average molecular weight is 195 g/mol. The molecule has 0 aromatic heterocycles. The lowest BCUT2D eigenvalue weighted by atomic mass is 10.1. The van der Waals surface area contributed by atoms with Crippen molar-refractivity contribution in [1.82, 2.24) is 5.32 Å². The summed E-state index contributed by atoms with van der Waals surface area (Å²) in [7, 11) is 0. The van der Waals surface area contributed by atoms with Crippen molar-refractivity contribution in [3.63, 3.8) is 0 Å². The minimum atomic E-state index is 1.00. The van der Waals surface area contributed by atoms with Crippen molar-refractivity contribution in [1.29, 1.82) is 0 Å². The molecule has 0 aliphatic rings. The molecule has 0 atom stereocenters. The van der Waals surface area contributed by atoms with E-state index in [1.54, 1.807) is 0 Å². The van der Waals surface area contributed by atoms with Crippen LogP contribution < -0.4 is 5.32 Å². The number of allylic oxidation sites excluding steroid dienone is 1. The third-order valence-electron chi connectivity index (χ3n) is 2.18. The molecule has 0 amide bonds. The van der Waals surface area contributed by atoms with E-state index in [4.69, 9.17) is 0 Å². The standard InChI is InChI=1S/C13H25N/c1-3-5-7-8-9-10-11-13-14-12-6-4-2/h4,10-11,14H,2-3,5-9,12-13H2,1H3/b11-10-. The number of hydrogen-bond donors (Lipinski definition) is 1. The predicted octanol–water partition coefficient (Wildman–Crippen LogP) is 3.68. The highest BCUT2D eigenvalue weighted by molar-refractivity contribution is 4.83. The summed E-state index contributed by atoms with van der Waals surface area (Å²) in [6, 6.07) is 0. The molecule has 0 heterocycles. The quantitative estimate of drug-likeness (QED) is 0.414. The average Bonchev–Trinajstić information content (AvgIpc) is 2.21.